The van der Waals surface area contributed by atoms with Gasteiger partial charge in [0.05, 0.1) is 10.6 Å². The molecule has 4 aromatic rings. The molecular weight excluding hydrogens is 358 g/mol. The van der Waals surface area contributed by atoms with E-state index in [0.29, 0.717) is 16.7 Å². The number of aromatic nitrogens is 3. The fraction of sp³-hybridized carbons (Fsp3) is 0.0500. The van der Waals surface area contributed by atoms with Gasteiger partial charge in [-0.15, -0.1) is 10.2 Å². The third-order valence-corrected chi connectivity index (χ3v) is 4.28. The first-order chi connectivity index (χ1) is 13.5. The molecule has 8 nitrogen and oxygen atoms in total. The van der Waals surface area contributed by atoms with Crippen LogP contribution in [0, 0.1) is 17.0 Å². The van der Waals surface area contributed by atoms with E-state index in [1.54, 1.807) is 6.07 Å². The van der Waals surface area contributed by atoms with Crippen LogP contribution < -0.4 is 5.32 Å². The van der Waals surface area contributed by atoms with Crippen LogP contribution in [-0.2, 0) is 0 Å². The lowest BCUT2D eigenvalue weighted by Gasteiger charge is -2.08. The van der Waals surface area contributed by atoms with Crippen LogP contribution >= 0.6 is 0 Å². The maximum Gasteiger partial charge on any atom is 0.270 e. The number of hydrogen-bond acceptors (Lipinski definition) is 5. The number of anilines is 1. The highest BCUT2D eigenvalue weighted by Crippen LogP contribution is 2.23. The maximum atomic E-state index is 12.5. The predicted octanol–water partition coefficient (Wildman–Crippen LogP) is 3.89. The zero-order valence-electron chi connectivity index (χ0n) is 14.9. The zero-order valence-corrected chi connectivity index (χ0v) is 14.9. The summed E-state index contributed by atoms with van der Waals surface area (Å²) in [5.74, 6) is -0.429. The number of amides is 1. The van der Waals surface area contributed by atoms with Crippen LogP contribution in [0.1, 0.15) is 15.9 Å². The van der Waals surface area contributed by atoms with Crippen molar-refractivity contribution in [3.8, 4) is 5.69 Å². The fourth-order valence-electron chi connectivity index (χ4n) is 2.83. The number of carbonyl (C=O) groups excluding carboxylic acids is 1. The molecule has 0 bridgehead atoms. The number of fused-ring (bicyclic) bond motifs is 1. The first kappa shape index (κ1) is 17.3. The molecule has 1 amide bonds. The molecule has 1 heterocycles. The van der Waals surface area contributed by atoms with Crippen LogP contribution in [0.2, 0.25) is 0 Å². The Morgan fingerprint density at radius 1 is 1.00 bits per heavy atom. The Kier molecular flexibility index (Phi) is 4.29. The van der Waals surface area contributed by atoms with E-state index in [-0.39, 0.29) is 11.3 Å². The van der Waals surface area contributed by atoms with E-state index in [0.717, 1.165) is 11.3 Å². The summed E-state index contributed by atoms with van der Waals surface area (Å²) in [5, 5.41) is 22.6. The van der Waals surface area contributed by atoms with E-state index in [1.807, 2.05) is 43.3 Å². The molecule has 0 aliphatic rings. The summed E-state index contributed by atoms with van der Waals surface area (Å²) in [6, 6.07) is 18.7. The van der Waals surface area contributed by atoms with Gasteiger partial charge in [0.2, 0.25) is 0 Å². The highest BCUT2D eigenvalue weighted by Gasteiger charge is 2.14. The lowest BCUT2D eigenvalue weighted by atomic mass is 10.1. The molecule has 0 aliphatic heterocycles. The van der Waals surface area contributed by atoms with Gasteiger partial charge in [-0.1, -0.05) is 24.3 Å². The number of nitro groups is 1. The van der Waals surface area contributed by atoms with Gasteiger partial charge in [0.1, 0.15) is 11.0 Å². The van der Waals surface area contributed by atoms with Gasteiger partial charge in [-0.05, 0) is 42.8 Å². The Bertz CT molecular complexity index is 1200. The number of benzene rings is 3. The second kappa shape index (κ2) is 6.92. The largest absolute Gasteiger partial charge is 0.322 e. The van der Waals surface area contributed by atoms with Crippen LogP contribution in [0.5, 0.6) is 0 Å². The number of para-hydroxylation sites is 1. The summed E-state index contributed by atoms with van der Waals surface area (Å²) in [6.45, 7) is 1.85. The van der Waals surface area contributed by atoms with E-state index in [9.17, 15) is 14.9 Å². The van der Waals surface area contributed by atoms with Gasteiger partial charge >= 0.3 is 0 Å². The fourth-order valence-corrected chi connectivity index (χ4v) is 2.83. The number of nitro benzene ring substituents is 1. The molecule has 28 heavy (non-hydrogen) atoms. The molecule has 3 aromatic carbocycles. The molecule has 0 saturated heterocycles. The van der Waals surface area contributed by atoms with Crippen molar-refractivity contribution >= 4 is 28.3 Å². The molecule has 138 valence electrons. The van der Waals surface area contributed by atoms with Crippen molar-refractivity contribution in [1.29, 1.82) is 0 Å². The molecule has 0 spiro atoms. The highest BCUT2D eigenvalue weighted by atomic mass is 16.6. The van der Waals surface area contributed by atoms with Crippen LogP contribution in [0.25, 0.3) is 16.7 Å². The van der Waals surface area contributed by atoms with E-state index in [1.165, 1.54) is 29.1 Å². The lowest BCUT2D eigenvalue weighted by molar-refractivity contribution is -0.384. The minimum absolute atomic E-state index is 0.134. The number of nitrogens with zero attached hydrogens (tertiary/aromatic N) is 4. The molecule has 0 saturated carbocycles. The zero-order chi connectivity index (χ0) is 19.7. The predicted molar refractivity (Wildman–Crippen MR) is 105 cm³/mol. The molecule has 0 aliphatic carbocycles. The van der Waals surface area contributed by atoms with Gasteiger partial charge in [-0.3, -0.25) is 14.9 Å². The number of aryl methyl sites for hydroxylation is 1. The maximum absolute atomic E-state index is 12.5. The van der Waals surface area contributed by atoms with Crippen molar-refractivity contribution in [3.63, 3.8) is 0 Å². The highest BCUT2D eigenvalue weighted by molar-refractivity contribution is 6.05. The molecular formula is C20H15N5O3. The molecule has 1 aromatic heterocycles. The molecule has 0 fully saturated rings. The third-order valence-electron chi connectivity index (χ3n) is 4.28. The van der Waals surface area contributed by atoms with E-state index in [4.69, 9.17) is 0 Å². The van der Waals surface area contributed by atoms with Gasteiger partial charge in [-0.25, -0.2) is 0 Å². The van der Waals surface area contributed by atoms with Crippen LogP contribution in [0.4, 0.5) is 11.4 Å². The number of non-ortho nitro benzene ring substituents is 1. The average Bonchev–Trinajstić information content (AvgIpc) is 3.11. The van der Waals surface area contributed by atoms with Gasteiger partial charge in [-0.2, -0.15) is 4.80 Å². The molecule has 0 atom stereocenters. The lowest BCUT2D eigenvalue weighted by Crippen LogP contribution is -2.13. The van der Waals surface area contributed by atoms with Gasteiger partial charge in [0, 0.05) is 23.4 Å². The second-order valence-electron chi connectivity index (χ2n) is 6.24. The summed E-state index contributed by atoms with van der Waals surface area (Å²) < 4.78 is 0. The summed E-state index contributed by atoms with van der Waals surface area (Å²) in [4.78, 5) is 24.4. The Hall–Kier alpha value is -4.07. The quantitative estimate of drug-likeness (QED) is 0.432. The van der Waals surface area contributed by atoms with Crippen molar-refractivity contribution < 1.29 is 9.72 Å². The van der Waals surface area contributed by atoms with Crippen molar-refractivity contribution in [2.45, 2.75) is 6.92 Å². The standard InChI is InChI=1S/C20H15N5O3/c1-13-10-18-19(23-24(22-18)15-7-3-2-4-8-15)12-17(13)21-20(26)14-6-5-9-16(11-14)25(27)28/h2-12H,1H3,(H,21,26). The van der Waals surface area contributed by atoms with Crippen molar-refractivity contribution in [2.75, 3.05) is 5.32 Å². The van der Waals surface area contributed by atoms with E-state index >= 15 is 0 Å². The number of carbonyl (C=O) groups is 1. The third kappa shape index (κ3) is 3.30. The van der Waals surface area contributed by atoms with Crippen LogP contribution in [0.15, 0.2) is 66.7 Å². The van der Waals surface area contributed by atoms with Crippen LogP contribution in [0.3, 0.4) is 0 Å². The first-order valence-corrected chi connectivity index (χ1v) is 8.50. The minimum atomic E-state index is -0.532. The number of rotatable bonds is 4. The topological polar surface area (TPSA) is 103 Å². The Morgan fingerprint density at radius 3 is 2.43 bits per heavy atom. The van der Waals surface area contributed by atoms with E-state index < -0.39 is 10.8 Å². The summed E-state index contributed by atoms with van der Waals surface area (Å²) in [7, 11) is 0. The SMILES string of the molecule is Cc1cc2nn(-c3ccccc3)nc2cc1NC(=O)c1cccc([N+](=O)[O-])c1. The number of nitrogens with one attached hydrogen (secondary N) is 1. The normalized spacial score (nSPS) is 10.8. The van der Waals surface area contributed by atoms with Crippen molar-refractivity contribution in [3.05, 3.63) is 88.0 Å². The van der Waals surface area contributed by atoms with Gasteiger partial charge in [0.25, 0.3) is 11.6 Å². The van der Waals surface area contributed by atoms with Crippen LogP contribution in [-0.4, -0.2) is 25.8 Å². The summed E-state index contributed by atoms with van der Waals surface area (Å²) >= 11 is 0. The smallest absolute Gasteiger partial charge is 0.270 e. The molecule has 4 rings (SSSR count). The Balaban J connectivity index is 1.65. The average molecular weight is 373 g/mol. The van der Waals surface area contributed by atoms with Crippen molar-refractivity contribution in [1.82, 2.24) is 15.0 Å². The molecule has 0 unspecified atom stereocenters. The molecule has 1 N–H and O–H groups in total. The monoisotopic (exact) mass is 373 g/mol. The summed E-state index contributed by atoms with van der Waals surface area (Å²) in [6.07, 6.45) is 0. The second-order valence-corrected chi connectivity index (χ2v) is 6.24. The number of hydrogen-bond donors (Lipinski definition) is 1. The Labute approximate surface area is 159 Å². The Morgan fingerprint density at radius 2 is 1.71 bits per heavy atom. The molecule has 8 heteroatoms. The summed E-state index contributed by atoms with van der Waals surface area (Å²) in [5.41, 5.74) is 3.62. The van der Waals surface area contributed by atoms with Gasteiger partial charge < -0.3 is 5.32 Å². The first-order valence-electron chi connectivity index (χ1n) is 8.50. The van der Waals surface area contributed by atoms with Gasteiger partial charge in [0.15, 0.2) is 0 Å². The molecule has 0 radical (unpaired) electrons. The minimum Gasteiger partial charge on any atom is -0.322 e. The van der Waals surface area contributed by atoms with E-state index in [2.05, 4.69) is 15.5 Å². The van der Waals surface area contributed by atoms with Crippen molar-refractivity contribution in [2.24, 2.45) is 0 Å².